The average molecular weight is 293 g/mol. The van der Waals surface area contributed by atoms with Gasteiger partial charge in [0.25, 0.3) is 0 Å². The molecule has 1 aliphatic rings. The van der Waals surface area contributed by atoms with Crippen molar-refractivity contribution in [1.82, 2.24) is 4.90 Å². The number of benzene rings is 1. The second-order valence-corrected chi connectivity index (χ2v) is 5.32. The molecule has 0 radical (unpaired) electrons. The first-order valence-electron chi connectivity index (χ1n) is 6.98. The normalized spacial score (nSPS) is 16.6. The number of nitro benzene ring substituents is 1. The van der Waals surface area contributed by atoms with Gasteiger partial charge in [0.2, 0.25) is 0 Å². The monoisotopic (exact) mass is 293 g/mol. The number of carboxylic acid groups (broad SMARTS) is 1. The van der Waals surface area contributed by atoms with Crippen molar-refractivity contribution >= 4 is 17.3 Å². The molecule has 1 aromatic carbocycles. The molecule has 7 nitrogen and oxygen atoms in total. The predicted molar refractivity (Wildman–Crippen MR) is 78.8 cm³/mol. The van der Waals surface area contributed by atoms with Crippen molar-refractivity contribution in [2.24, 2.45) is 0 Å². The second-order valence-electron chi connectivity index (χ2n) is 5.32. The number of anilines is 1. The largest absolute Gasteiger partial charge is 0.477 e. The van der Waals surface area contributed by atoms with Crippen LogP contribution in [0.1, 0.15) is 30.1 Å². The summed E-state index contributed by atoms with van der Waals surface area (Å²) < 4.78 is 0. The number of hydrogen-bond donors (Lipinski definition) is 2. The number of likely N-dealkylation sites (tertiary alicyclic amines) is 1. The molecular formula is C14H19N3O4. The zero-order valence-electron chi connectivity index (χ0n) is 11.9. The highest BCUT2D eigenvalue weighted by molar-refractivity contribution is 5.95. The molecule has 1 aliphatic heterocycles. The molecule has 1 saturated heterocycles. The number of hydrogen-bond acceptors (Lipinski definition) is 5. The first-order valence-corrected chi connectivity index (χ1v) is 6.98. The molecule has 1 aromatic rings. The number of nitrogens with one attached hydrogen (secondary N) is 1. The van der Waals surface area contributed by atoms with Crippen molar-refractivity contribution in [3.05, 3.63) is 33.9 Å². The standard InChI is InChI=1S/C14H19N3O4/c1-10(9-16-7-2-3-8-16)15-12-6-4-5-11(14(18)19)13(12)17(20)21/h4-6,10,15H,2-3,7-9H2,1H3,(H,18,19). The van der Waals surface area contributed by atoms with Gasteiger partial charge in [0.05, 0.1) is 4.92 Å². The summed E-state index contributed by atoms with van der Waals surface area (Å²) in [6, 6.07) is 4.31. The second kappa shape index (κ2) is 6.53. The lowest BCUT2D eigenvalue weighted by molar-refractivity contribution is -0.384. The summed E-state index contributed by atoms with van der Waals surface area (Å²) in [7, 11) is 0. The highest BCUT2D eigenvalue weighted by Crippen LogP contribution is 2.29. The van der Waals surface area contributed by atoms with Gasteiger partial charge in [0, 0.05) is 12.6 Å². The maximum absolute atomic E-state index is 11.2. The molecule has 0 aliphatic carbocycles. The molecule has 7 heteroatoms. The number of carbonyl (C=O) groups is 1. The van der Waals surface area contributed by atoms with Gasteiger partial charge in [-0.1, -0.05) is 6.07 Å². The third-order valence-electron chi connectivity index (χ3n) is 3.58. The van der Waals surface area contributed by atoms with Crippen LogP contribution in [0.4, 0.5) is 11.4 Å². The van der Waals surface area contributed by atoms with E-state index in [0.717, 1.165) is 19.6 Å². The zero-order chi connectivity index (χ0) is 15.4. The molecule has 1 heterocycles. The van der Waals surface area contributed by atoms with Crippen molar-refractivity contribution in [3.63, 3.8) is 0 Å². The van der Waals surface area contributed by atoms with E-state index in [1.165, 1.54) is 25.0 Å². The molecule has 2 rings (SSSR count). The summed E-state index contributed by atoms with van der Waals surface area (Å²) in [5, 5.41) is 23.3. The highest BCUT2D eigenvalue weighted by atomic mass is 16.6. The summed E-state index contributed by atoms with van der Waals surface area (Å²) in [6.07, 6.45) is 2.36. The van der Waals surface area contributed by atoms with Crippen LogP contribution in [0, 0.1) is 10.1 Å². The Morgan fingerprint density at radius 3 is 2.71 bits per heavy atom. The lowest BCUT2D eigenvalue weighted by Crippen LogP contribution is -2.33. The molecule has 0 spiro atoms. The molecule has 114 valence electrons. The molecular weight excluding hydrogens is 274 g/mol. The van der Waals surface area contributed by atoms with Crippen LogP contribution in [0.3, 0.4) is 0 Å². The van der Waals surface area contributed by atoms with Crippen LogP contribution in [0.25, 0.3) is 0 Å². The Labute approximate surface area is 122 Å². The minimum atomic E-state index is -1.29. The third-order valence-corrected chi connectivity index (χ3v) is 3.58. The summed E-state index contributed by atoms with van der Waals surface area (Å²) in [4.78, 5) is 23.9. The Hall–Kier alpha value is -2.15. The van der Waals surface area contributed by atoms with Crippen molar-refractivity contribution in [3.8, 4) is 0 Å². The Bertz CT molecular complexity index is 541. The van der Waals surface area contributed by atoms with E-state index in [1.54, 1.807) is 6.07 Å². The SMILES string of the molecule is CC(CN1CCCC1)Nc1cccc(C(=O)O)c1[N+](=O)[O-]. The summed E-state index contributed by atoms with van der Waals surface area (Å²) in [5.41, 5.74) is -0.414. The van der Waals surface area contributed by atoms with E-state index in [2.05, 4.69) is 10.2 Å². The van der Waals surface area contributed by atoms with Gasteiger partial charge in [-0.3, -0.25) is 10.1 Å². The topological polar surface area (TPSA) is 95.7 Å². The van der Waals surface area contributed by atoms with Crippen molar-refractivity contribution in [1.29, 1.82) is 0 Å². The Kier molecular flexibility index (Phi) is 4.74. The Morgan fingerprint density at radius 1 is 1.48 bits per heavy atom. The Balaban J connectivity index is 2.16. The fraction of sp³-hybridized carbons (Fsp3) is 0.500. The van der Waals surface area contributed by atoms with Crippen LogP contribution >= 0.6 is 0 Å². The fourth-order valence-electron chi connectivity index (χ4n) is 2.69. The lowest BCUT2D eigenvalue weighted by Gasteiger charge is -2.22. The van der Waals surface area contributed by atoms with Gasteiger partial charge in [0.1, 0.15) is 11.3 Å². The average Bonchev–Trinajstić information content (AvgIpc) is 2.90. The smallest absolute Gasteiger partial charge is 0.342 e. The predicted octanol–water partition coefficient (Wildman–Crippen LogP) is 2.19. The fourth-order valence-corrected chi connectivity index (χ4v) is 2.69. The van der Waals surface area contributed by atoms with E-state index >= 15 is 0 Å². The molecule has 0 aromatic heterocycles. The third kappa shape index (κ3) is 3.69. The number of rotatable bonds is 6. The van der Waals surface area contributed by atoms with E-state index in [1.807, 2.05) is 6.92 Å². The van der Waals surface area contributed by atoms with Gasteiger partial charge in [-0.15, -0.1) is 0 Å². The van der Waals surface area contributed by atoms with Gasteiger partial charge in [0.15, 0.2) is 0 Å². The van der Waals surface area contributed by atoms with E-state index < -0.39 is 10.9 Å². The van der Waals surface area contributed by atoms with Crippen LogP contribution in [0.2, 0.25) is 0 Å². The summed E-state index contributed by atoms with van der Waals surface area (Å²) >= 11 is 0. The lowest BCUT2D eigenvalue weighted by atomic mass is 10.1. The van der Waals surface area contributed by atoms with Gasteiger partial charge in [-0.25, -0.2) is 4.79 Å². The number of aromatic carboxylic acids is 1. The Morgan fingerprint density at radius 2 is 2.14 bits per heavy atom. The molecule has 0 saturated carbocycles. The highest BCUT2D eigenvalue weighted by Gasteiger charge is 2.25. The zero-order valence-corrected chi connectivity index (χ0v) is 11.9. The van der Waals surface area contributed by atoms with Crippen LogP contribution in [-0.4, -0.2) is 46.6 Å². The molecule has 0 amide bonds. The molecule has 21 heavy (non-hydrogen) atoms. The van der Waals surface area contributed by atoms with Gasteiger partial charge in [-0.2, -0.15) is 0 Å². The van der Waals surface area contributed by atoms with Crippen LogP contribution < -0.4 is 5.32 Å². The molecule has 1 unspecified atom stereocenters. The van der Waals surface area contributed by atoms with Crippen molar-refractivity contribution in [2.75, 3.05) is 25.0 Å². The van der Waals surface area contributed by atoms with E-state index in [4.69, 9.17) is 5.11 Å². The van der Waals surface area contributed by atoms with Crippen molar-refractivity contribution in [2.45, 2.75) is 25.8 Å². The van der Waals surface area contributed by atoms with E-state index in [9.17, 15) is 14.9 Å². The number of carboxylic acids is 1. The van der Waals surface area contributed by atoms with Crippen LogP contribution in [0.5, 0.6) is 0 Å². The molecule has 1 atom stereocenters. The summed E-state index contributed by atoms with van der Waals surface area (Å²) in [6.45, 7) is 4.82. The van der Waals surface area contributed by atoms with Gasteiger partial charge in [-0.05, 0) is 45.0 Å². The van der Waals surface area contributed by atoms with Gasteiger partial charge >= 0.3 is 11.7 Å². The van der Waals surface area contributed by atoms with Crippen molar-refractivity contribution < 1.29 is 14.8 Å². The minimum Gasteiger partial charge on any atom is -0.477 e. The summed E-state index contributed by atoms with van der Waals surface area (Å²) in [5.74, 6) is -1.29. The number of para-hydroxylation sites is 1. The molecule has 2 N–H and O–H groups in total. The number of nitro groups is 1. The van der Waals surface area contributed by atoms with Crippen LogP contribution in [0.15, 0.2) is 18.2 Å². The first-order chi connectivity index (χ1) is 9.99. The minimum absolute atomic E-state index is 0.00541. The molecule has 0 bridgehead atoms. The van der Waals surface area contributed by atoms with Crippen LogP contribution in [-0.2, 0) is 0 Å². The number of nitrogens with zero attached hydrogens (tertiary/aromatic N) is 2. The van der Waals surface area contributed by atoms with E-state index in [0.29, 0.717) is 0 Å². The van der Waals surface area contributed by atoms with Gasteiger partial charge < -0.3 is 15.3 Å². The first kappa shape index (κ1) is 15.2. The maximum atomic E-state index is 11.2. The molecule has 1 fully saturated rings. The maximum Gasteiger partial charge on any atom is 0.342 e. The van der Waals surface area contributed by atoms with E-state index in [-0.39, 0.29) is 23.0 Å². The quantitative estimate of drug-likeness (QED) is 0.616.